The lowest BCUT2D eigenvalue weighted by Gasteiger charge is -2.21. The van der Waals surface area contributed by atoms with Gasteiger partial charge in [0.25, 0.3) is 0 Å². The first-order valence-electron chi connectivity index (χ1n) is 4.01. The third-order valence-electron chi connectivity index (χ3n) is 2.06. The van der Waals surface area contributed by atoms with Crippen LogP contribution in [-0.2, 0) is 15.4 Å². The fraction of sp³-hybridized carbons (Fsp3) is 0.375. The number of hydrogen-bond donors (Lipinski definition) is 1. The predicted octanol–water partition coefficient (Wildman–Crippen LogP) is -0.401. The summed E-state index contributed by atoms with van der Waals surface area (Å²) < 4.78 is 10.3. The Bertz CT molecular complexity index is 387. The summed E-state index contributed by atoms with van der Waals surface area (Å²) in [5.74, 6) is -0.954. The Kier molecular flexibility index (Phi) is 1.94. The summed E-state index contributed by atoms with van der Waals surface area (Å²) >= 11 is 0. The van der Waals surface area contributed by atoms with Gasteiger partial charge in [0.05, 0.1) is 0 Å². The van der Waals surface area contributed by atoms with Crippen molar-refractivity contribution >= 4 is 5.84 Å². The number of aliphatic imine (C=N–C) groups is 1. The highest BCUT2D eigenvalue weighted by Gasteiger charge is 2.42. The van der Waals surface area contributed by atoms with E-state index in [1.807, 2.05) is 0 Å². The number of hydrogen-bond acceptors (Lipinski definition) is 6. The molecule has 0 spiro atoms. The summed E-state index contributed by atoms with van der Waals surface area (Å²) in [6, 6.07) is 0. The number of nitrogens with two attached hydrogens (primary N) is 1. The van der Waals surface area contributed by atoms with Gasteiger partial charge in [-0.05, 0) is 0 Å². The maximum atomic E-state index is 5.66. The van der Waals surface area contributed by atoms with Crippen LogP contribution >= 0.6 is 0 Å². The van der Waals surface area contributed by atoms with Crippen LogP contribution in [0.1, 0.15) is 11.4 Å². The Morgan fingerprint density at radius 3 is 2.50 bits per heavy atom. The van der Waals surface area contributed by atoms with Crippen LogP contribution in [0, 0.1) is 0 Å². The average Bonchev–Trinajstić information content (AvgIpc) is 2.53. The minimum Gasteiger partial charge on any atom is -0.382 e. The van der Waals surface area contributed by atoms with Gasteiger partial charge in [0.2, 0.25) is 0 Å². The first-order valence-corrected chi connectivity index (χ1v) is 4.01. The number of fused-ring (bicyclic) bond motifs is 1. The zero-order chi connectivity index (χ0) is 10.2. The second-order valence-electron chi connectivity index (χ2n) is 2.74. The Balaban J connectivity index is 2.61. The van der Waals surface area contributed by atoms with Gasteiger partial charge in [-0.25, -0.2) is 9.97 Å². The fourth-order valence-corrected chi connectivity index (χ4v) is 1.39. The van der Waals surface area contributed by atoms with Crippen molar-refractivity contribution in [1.29, 1.82) is 0 Å². The monoisotopic (exact) mass is 194 g/mol. The van der Waals surface area contributed by atoms with E-state index < -0.39 is 5.91 Å². The highest BCUT2D eigenvalue weighted by atomic mass is 16.7. The van der Waals surface area contributed by atoms with E-state index in [-0.39, 0.29) is 5.84 Å². The topological polar surface area (TPSA) is 82.6 Å². The van der Waals surface area contributed by atoms with Gasteiger partial charge in [0.15, 0.2) is 11.5 Å². The van der Waals surface area contributed by atoms with Crippen LogP contribution in [0.4, 0.5) is 0 Å². The molecule has 0 saturated heterocycles. The maximum absolute atomic E-state index is 5.66. The molecule has 0 amide bonds. The SMILES string of the molecule is COC1(OC)N=C(N)c2nccnc21. The quantitative estimate of drug-likeness (QED) is 0.647. The molecule has 1 aliphatic heterocycles. The molecule has 6 nitrogen and oxygen atoms in total. The van der Waals surface area contributed by atoms with E-state index >= 15 is 0 Å². The molecule has 1 aliphatic rings. The molecular weight excluding hydrogens is 184 g/mol. The second kappa shape index (κ2) is 3.00. The van der Waals surface area contributed by atoms with Crippen molar-refractivity contribution in [2.24, 2.45) is 10.7 Å². The summed E-state index contributed by atoms with van der Waals surface area (Å²) in [6.45, 7) is 0. The lowest BCUT2D eigenvalue weighted by Crippen LogP contribution is -2.27. The van der Waals surface area contributed by atoms with Crippen molar-refractivity contribution in [3.8, 4) is 0 Å². The number of ether oxygens (including phenoxy) is 2. The Labute approximate surface area is 80.8 Å². The molecule has 1 aromatic heterocycles. The van der Waals surface area contributed by atoms with Gasteiger partial charge < -0.3 is 15.2 Å². The summed E-state index contributed by atoms with van der Waals surface area (Å²) in [7, 11) is 2.95. The molecule has 0 radical (unpaired) electrons. The maximum Gasteiger partial charge on any atom is 0.319 e. The zero-order valence-electron chi connectivity index (χ0n) is 7.89. The van der Waals surface area contributed by atoms with Crippen molar-refractivity contribution in [1.82, 2.24) is 9.97 Å². The summed E-state index contributed by atoms with van der Waals surface area (Å²) in [6.07, 6.45) is 3.09. The van der Waals surface area contributed by atoms with Crippen LogP contribution in [0.2, 0.25) is 0 Å². The van der Waals surface area contributed by atoms with Crippen LogP contribution < -0.4 is 5.73 Å². The molecule has 0 saturated carbocycles. The minimum atomic E-state index is -1.23. The molecule has 0 atom stereocenters. The van der Waals surface area contributed by atoms with Crippen molar-refractivity contribution in [3.05, 3.63) is 23.8 Å². The molecule has 0 aromatic carbocycles. The standard InChI is InChI=1S/C8H10N4O2/c1-13-8(14-2)6-5(7(9)12-8)10-3-4-11-6/h3-4H,1-2H3,(H2,9,12). The molecule has 0 fully saturated rings. The lowest BCUT2D eigenvalue weighted by molar-refractivity contribution is -0.209. The van der Waals surface area contributed by atoms with Gasteiger partial charge in [0, 0.05) is 26.6 Å². The molecule has 0 aliphatic carbocycles. The first-order chi connectivity index (χ1) is 6.73. The third kappa shape index (κ3) is 1.01. The number of nitrogens with zero attached hydrogens (tertiary/aromatic N) is 3. The van der Waals surface area contributed by atoms with E-state index in [2.05, 4.69) is 15.0 Å². The van der Waals surface area contributed by atoms with Gasteiger partial charge in [-0.15, -0.1) is 0 Å². The number of amidine groups is 1. The molecule has 14 heavy (non-hydrogen) atoms. The van der Waals surface area contributed by atoms with Gasteiger partial charge in [-0.3, -0.25) is 0 Å². The second-order valence-corrected chi connectivity index (χ2v) is 2.74. The highest BCUT2D eigenvalue weighted by Crippen LogP contribution is 2.32. The van der Waals surface area contributed by atoms with Crippen molar-refractivity contribution in [2.45, 2.75) is 5.91 Å². The highest BCUT2D eigenvalue weighted by molar-refractivity contribution is 5.99. The largest absolute Gasteiger partial charge is 0.382 e. The predicted molar refractivity (Wildman–Crippen MR) is 48.5 cm³/mol. The average molecular weight is 194 g/mol. The van der Waals surface area contributed by atoms with E-state index in [1.165, 1.54) is 14.2 Å². The van der Waals surface area contributed by atoms with Gasteiger partial charge in [-0.1, -0.05) is 0 Å². The summed E-state index contributed by atoms with van der Waals surface area (Å²) in [5, 5.41) is 0. The number of methoxy groups -OCH3 is 2. The summed E-state index contributed by atoms with van der Waals surface area (Å²) in [5.41, 5.74) is 6.66. The molecule has 1 aromatic rings. The Morgan fingerprint density at radius 2 is 1.86 bits per heavy atom. The van der Waals surface area contributed by atoms with Crippen LogP contribution in [0.5, 0.6) is 0 Å². The van der Waals surface area contributed by atoms with Crippen LogP contribution in [0.3, 0.4) is 0 Å². The van der Waals surface area contributed by atoms with Crippen LogP contribution in [0.25, 0.3) is 0 Å². The van der Waals surface area contributed by atoms with Crippen molar-refractivity contribution < 1.29 is 9.47 Å². The molecule has 2 heterocycles. The minimum absolute atomic E-state index is 0.275. The number of aromatic nitrogens is 2. The first kappa shape index (κ1) is 9.04. The van der Waals surface area contributed by atoms with E-state index in [9.17, 15) is 0 Å². The van der Waals surface area contributed by atoms with E-state index in [0.717, 1.165) is 0 Å². The lowest BCUT2D eigenvalue weighted by atomic mass is 10.3. The molecular formula is C8H10N4O2. The van der Waals surface area contributed by atoms with Gasteiger partial charge in [0.1, 0.15) is 5.69 Å². The molecule has 6 heteroatoms. The molecule has 74 valence electrons. The van der Waals surface area contributed by atoms with Crippen LogP contribution in [0.15, 0.2) is 17.4 Å². The molecule has 2 N–H and O–H groups in total. The smallest absolute Gasteiger partial charge is 0.319 e. The molecule has 0 unspecified atom stereocenters. The number of rotatable bonds is 2. The Morgan fingerprint density at radius 1 is 1.21 bits per heavy atom. The summed E-state index contributed by atoms with van der Waals surface area (Å²) in [4.78, 5) is 12.2. The fourth-order valence-electron chi connectivity index (χ4n) is 1.39. The van der Waals surface area contributed by atoms with E-state index in [1.54, 1.807) is 12.4 Å². The zero-order valence-corrected chi connectivity index (χ0v) is 7.89. The van der Waals surface area contributed by atoms with E-state index in [0.29, 0.717) is 11.4 Å². The molecule has 0 bridgehead atoms. The Hall–Kier alpha value is -1.53. The third-order valence-corrected chi connectivity index (χ3v) is 2.06. The van der Waals surface area contributed by atoms with Crippen molar-refractivity contribution in [3.63, 3.8) is 0 Å². The normalized spacial score (nSPS) is 17.7. The van der Waals surface area contributed by atoms with Gasteiger partial charge in [-0.2, -0.15) is 4.99 Å². The van der Waals surface area contributed by atoms with Crippen molar-refractivity contribution in [2.75, 3.05) is 14.2 Å². The van der Waals surface area contributed by atoms with E-state index in [4.69, 9.17) is 15.2 Å². The van der Waals surface area contributed by atoms with Crippen LogP contribution in [-0.4, -0.2) is 30.0 Å². The molecule has 2 rings (SSSR count). The van der Waals surface area contributed by atoms with Gasteiger partial charge >= 0.3 is 5.91 Å².